The van der Waals surface area contributed by atoms with Gasteiger partial charge in [-0.1, -0.05) is 19.0 Å². The Morgan fingerprint density at radius 1 is 1.25 bits per heavy atom. The van der Waals surface area contributed by atoms with Crippen LogP contribution >= 0.6 is 0 Å². The Kier molecular flexibility index (Phi) is 6.03. The number of aromatic nitrogens is 1. The fraction of sp³-hybridized carbons (Fsp3) is 0.750. The first-order chi connectivity index (χ1) is 11.2. The molecule has 0 aliphatic carbocycles. The molecule has 2 rings (SSSR count). The summed E-state index contributed by atoms with van der Waals surface area (Å²) in [5, 5.41) is 3.70. The monoisotopic (exact) mass is 357 g/mol. The first-order valence-corrected chi connectivity index (χ1v) is 9.94. The largest absolute Gasteiger partial charge is 0.360 e. The van der Waals surface area contributed by atoms with Gasteiger partial charge < -0.3 is 9.42 Å². The topological polar surface area (TPSA) is 92.5 Å². The zero-order valence-corrected chi connectivity index (χ0v) is 15.6. The van der Waals surface area contributed by atoms with Crippen LogP contribution in [-0.2, 0) is 14.8 Å². The minimum absolute atomic E-state index is 0.0303. The van der Waals surface area contributed by atoms with Gasteiger partial charge in [0.15, 0.2) is 5.76 Å². The van der Waals surface area contributed by atoms with Gasteiger partial charge in [0.25, 0.3) is 0 Å². The van der Waals surface area contributed by atoms with Gasteiger partial charge in [-0.15, -0.1) is 0 Å². The maximum atomic E-state index is 12.8. The Morgan fingerprint density at radius 3 is 2.38 bits per heavy atom. The highest BCUT2D eigenvalue weighted by molar-refractivity contribution is 7.89. The zero-order chi connectivity index (χ0) is 17.9. The highest BCUT2D eigenvalue weighted by atomic mass is 32.2. The van der Waals surface area contributed by atoms with E-state index < -0.39 is 16.1 Å². The Labute approximate surface area is 143 Å². The molecule has 1 aromatic rings. The number of carbonyl (C=O) groups excluding carboxylic acids is 1. The number of hydrogen-bond donors (Lipinski definition) is 1. The van der Waals surface area contributed by atoms with Crippen molar-refractivity contribution in [3.63, 3.8) is 0 Å². The minimum atomic E-state index is -3.86. The molecule has 0 aromatic carbocycles. The van der Waals surface area contributed by atoms with Crippen molar-refractivity contribution in [2.45, 2.75) is 64.3 Å². The van der Waals surface area contributed by atoms with Crippen LogP contribution in [-0.4, -0.2) is 43.5 Å². The number of likely N-dealkylation sites (tertiary alicyclic amines) is 1. The number of rotatable bonds is 6. The second kappa shape index (κ2) is 7.65. The van der Waals surface area contributed by atoms with Crippen LogP contribution in [0.5, 0.6) is 0 Å². The number of amides is 1. The van der Waals surface area contributed by atoms with Crippen LogP contribution < -0.4 is 4.72 Å². The van der Waals surface area contributed by atoms with E-state index in [-0.39, 0.29) is 22.5 Å². The molecule has 0 saturated carbocycles. The fourth-order valence-electron chi connectivity index (χ4n) is 3.11. The number of sulfonamides is 1. The molecule has 2 heterocycles. The van der Waals surface area contributed by atoms with Crippen molar-refractivity contribution >= 4 is 15.9 Å². The van der Waals surface area contributed by atoms with Crippen LogP contribution in [0.1, 0.15) is 51.0 Å². The van der Waals surface area contributed by atoms with Crippen molar-refractivity contribution in [1.29, 1.82) is 0 Å². The highest BCUT2D eigenvalue weighted by Gasteiger charge is 2.33. The van der Waals surface area contributed by atoms with E-state index in [1.165, 1.54) is 0 Å². The molecular formula is C16H27N3O4S. The molecule has 1 aliphatic heterocycles. The molecule has 0 unspecified atom stereocenters. The molecule has 1 aromatic heterocycles. The smallest absolute Gasteiger partial charge is 0.246 e. The van der Waals surface area contributed by atoms with E-state index in [1.807, 2.05) is 13.8 Å². The van der Waals surface area contributed by atoms with E-state index in [4.69, 9.17) is 4.52 Å². The van der Waals surface area contributed by atoms with Gasteiger partial charge in [0, 0.05) is 13.1 Å². The quantitative estimate of drug-likeness (QED) is 0.840. The van der Waals surface area contributed by atoms with Crippen molar-refractivity contribution in [2.24, 2.45) is 5.92 Å². The fourth-order valence-corrected chi connectivity index (χ4v) is 4.64. The maximum Gasteiger partial charge on any atom is 0.246 e. The zero-order valence-electron chi connectivity index (χ0n) is 14.8. The van der Waals surface area contributed by atoms with Gasteiger partial charge in [-0.2, -0.15) is 4.72 Å². The maximum absolute atomic E-state index is 12.8. The molecular weight excluding hydrogens is 330 g/mol. The van der Waals surface area contributed by atoms with Gasteiger partial charge in [-0.3, -0.25) is 4.79 Å². The lowest BCUT2D eigenvalue weighted by molar-refractivity contribution is -0.134. The molecule has 0 bridgehead atoms. The van der Waals surface area contributed by atoms with E-state index in [1.54, 1.807) is 18.7 Å². The minimum Gasteiger partial charge on any atom is -0.360 e. The van der Waals surface area contributed by atoms with Gasteiger partial charge in [-0.05, 0) is 45.4 Å². The summed E-state index contributed by atoms with van der Waals surface area (Å²) in [6.45, 7) is 8.47. The Balaban J connectivity index is 2.23. The van der Waals surface area contributed by atoms with Crippen molar-refractivity contribution in [2.75, 3.05) is 13.1 Å². The van der Waals surface area contributed by atoms with Crippen LogP contribution in [0.2, 0.25) is 0 Å². The lowest BCUT2D eigenvalue weighted by atomic mass is 10.0. The van der Waals surface area contributed by atoms with E-state index >= 15 is 0 Å². The predicted molar refractivity (Wildman–Crippen MR) is 90.0 cm³/mol. The Bertz CT molecular complexity index is 656. The van der Waals surface area contributed by atoms with Gasteiger partial charge >= 0.3 is 0 Å². The van der Waals surface area contributed by atoms with Crippen molar-refractivity contribution in [1.82, 2.24) is 14.8 Å². The van der Waals surface area contributed by atoms with E-state index in [0.717, 1.165) is 19.3 Å². The molecule has 1 aliphatic rings. The van der Waals surface area contributed by atoms with Gasteiger partial charge in [0.2, 0.25) is 15.9 Å². The number of aryl methyl sites for hydroxylation is 2. The molecule has 1 atom stereocenters. The summed E-state index contributed by atoms with van der Waals surface area (Å²) in [5.41, 5.74) is 0.300. The Morgan fingerprint density at radius 2 is 1.88 bits per heavy atom. The summed E-state index contributed by atoms with van der Waals surface area (Å²) in [6.07, 6.45) is 3.51. The third-order valence-electron chi connectivity index (χ3n) is 4.21. The lowest BCUT2D eigenvalue weighted by Crippen LogP contribution is -2.50. The third-order valence-corrected chi connectivity index (χ3v) is 5.92. The van der Waals surface area contributed by atoms with E-state index in [2.05, 4.69) is 9.88 Å². The van der Waals surface area contributed by atoms with Crippen molar-refractivity contribution < 1.29 is 17.7 Å². The lowest BCUT2D eigenvalue weighted by Gasteiger charge is -2.31. The molecule has 1 N–H and O–H groups in total. The number of nitrogens with zero attached hydrogens (tertiary/aromatic N) is 2. The highest BCUT2D eigenvalue weighted by Crippen LogP contribution is 2.21. The SMILES string of the molecule is Cc1noc(C)c1S(=O)(=O)N[C@H](CC(C)C)C(=O)N1CCCCC1. The average Bonchev–Trinajstić information content (AvgIpc) is 2.85. The summed E-state index contributed by atoms with van der Waals surface area (Å²) in [4.78, 5) is 14.6. The Hall–Kier alpha value is -1.41. The normalized spacial score (nSPS) is 17.3. The first-order valence-electron chi connectivity index (χ1n) is 8.46. The van der Waals surface area contributed by atoms with Crippen LogP contribution in [0.25, 0.3) is 0 Å². The third kappa shape index (κ3) is 4.36. The van der Waals surface area contributed by atoms with Crippen LogP contribution in [0.3, 0.4) is 0 Å². The number of nitrogens with one attached hydrogen (secondary N) is 1. The summed E-state index contributed by atoms with van der Waals surface area (Å²) in [5.74, 6) is 0.281. The molecule has 1 fully saturated rings. The molecule has 24 heavy (non-hydrogen) atoms. The van der Waals surface area contributed by atoms with Crippen LogP contribution in [0, 0.1) is 19.8 Å². The molecule has 7 nitrogen and oxygen atoms in total. The summed E-state index contributed by atoms with van der Waals surface area (Å²) in [7, 11) is -3.86. The van der Waals surface area contributed by atoms with Gasteiger partial charge in [0.05, 0.1) is 0 Å². The standard InChI is InChI=1S/C16H27N3O4S/c1-11(2)10-14(16(20)19-8-6-5-7-9-19)18-24(21,22)15-12(3)17-23-13(15)4/h11,14,18H,5-10H2,1-4H3/t14-/m1/s1. The summed E-state index contributed by atoms with van der Waals surface area (Å²) >= 11 is 0. The molecule has 0 radical (unpaired) electrons. The van der Waals surface area contributed by atoms with E-state index in [0.29, 0.717) is 25.2 Å². The molecule has 0 spiro atoms. The van der Waals surface area contributed by atoms with Crippen LogP contribution in [0.4, 0.5) is 0 Å². The number of piperidine rings is 1. The predicted octanol–water partition coefficient (Wildman–Crippen LogP) is 2.00. The molecule has 8 heteroatoms. The molecule has 136 valence electrons. The summed E-state index contributed by atoms with van der Waals surface area (Å²) in [6, 6.07) is -0.762. The van der Waals surface area contributed by atoms with Crippen LogP contribution in [0.15, 0.2) is 9.42 Å². The van der Waals surface area contributed by atoms with Crippen molar-refractivity contribution in [3.8, 4) is 0 Å². The second-order valence-electron chi connectivity index (χ2n) is 6.84. The first kappa shape index (κ1) is 18.9. The average molecular weight is 357 g/mol. The van der Waals surface area contributed by atoms with Gasteiger partial charge in [0.1, 0.15) is 16.6 Å². The number of carbonyl (C=O) groups is 1. The molecule has 1 saturated heterocycles. The molecule has 1 amide bonds. The van der Waals surface area contributed by atoms with Gasteiger partial charge in [-0.25, -0.2) is 8.42 Å². The van der Waals surface area contributed by atoms with E-state index in [9.17, 15) is 13.2 Å². The number of hydrogen-bond acceptors (Lipinski definition) is 5. The van der Waals surface area contributed by atoms with Crippen molar-refractivity contribution in [3.05, 3.63) is 11.5 Å². The summed E-state index contributed by atoms with van der Waals surface area (Å²) < 4.78 is 33.0. The second-order valence-corrected chi connectivity index (χ2v) is 8.49.